The molecule has 0 aromatic rings. The molecule has 0 saturated carbocycles. The lowest BCUT2D eigenvalue weighted by Gasteiger charge is -2.14. The van der Waals surface area contributed by atoms with Gasteiger partial charge < -0.3 is 10.6 Å². The van der Waals surface area contributed by atoms with E-state index in [1.54, 1.807) is 0 Å². The molecule has 0 aromatic carbocycles. The second-order valence-corrected chi connectivity index (χ2v) is 2.93. The van der Waals surface area contributed by atoms with Crippen LogP contribution in [0.25, 0.3) is 0 Å². The van der Waals surface area contributed by atoms with E-state index in [1.807, 2.05) is 0 Å². The molecule has 5 heteroatoms. The first-order valence-corrected chi connectivity index (χ1v) is 3.91. The molecule has 1 saturated heterocycles. The summed E-state index contributed by atoms with van der Waals surface area (Å²) in [5.74, 6) is -0.890. The average Bonchev–Trinajstić information content (AvgIpc) is 2.51. The summed E-state index contributed by atoms with van der Waals surface area (Å²) in [5.41, 5.74) is 5.09. The summed E-state index contributed by atoms with van der Waals surface area (Å²) in [5, 5.41) is 0. The lowest BCUT2D eigenvalue weighted by atomic mass is 10.1. The molecule has 0 aliphatic carbocycles. The van der Waals surface area contributed by atoms with E-state index in [2.05, 4.69) is 0 Å². The molecule has 1 fully saturated rings. The highest BCUT2D eigenvalue weighted by Crippen LogP contribution is 2.22. The van der Waals surface area contributed by atoms with Crippen molar-refractivity contribution in [3.05, 3.63) is 0 Å². The van der Waals surface area contributed by atoms with Crippen molar-refractivity contribution in [3.8, 4) is 0 Å². The summed E-state index contributed by atoms with van der Waals surface area (Å²) < 4.78 is 24.2. The van der Waals surface area contributed by atoms with Gasteiger partial charge >= 0.3 is 0 Å². The Labute approximate surface area is 69.5 Å². The molecule has 1 heterocycles. The molecular formula is C7H12F2N2O. The van der Waals surface area contributed by atoms with Gasteiger partial charge in [0.15, 0.2) is 0 Å². The molecule has 0 unspecified atom stereocenters. The van der Waals surface area contributed by atoms with Crippen molar-refractivity contribution >= 4 is 5.91 Å². The second-order valence-electron chi connectivity index (χ2n) is 2.93. The fourth-order valence-electron chi connectivity index (χ4n) is 1.35. The first-order chi connectivity index (χ1) is 5.65. The van der Waals surface area contributed by atoms with Gasteiger partial charge in [0.05, 0.1) is 6.54 Å². The molecule has 1 atom stereocenters. The normalized spacial score (nSPS) is 23.7. The number of nitrogens with zero attached hydrogens (tertiary/aromatic N) is 1. The quantitative estimate of drug-likeness (QED) is 0.649. The Morgan fingerprint density at radius 2 is 2.33 bits per heavy atom. The number of halogens is 2. The minimum absolute atomic E-state index is 0.0873. The first-order valence-electron chi connectivity index (χ1n) is 3.91. The fraction of sp³-hybridized carbons (Fsp3) is 0.857. The van der Waals surface area contributed by atoms with Crippen LogP contribution in [-0.2, 0) is 4.79 Å². The topological polar surface area (TPSA) is 46.3 Å². The molecular weight excluding hydrogens is 166 g/mol. The van der Waals surface area contributed by atoms with Gasteiger partial charge in [-0.1, -0.05) is 0 Å². The third-order valence-corrected chi connectivity index (χ3v) is 2.11. The molecule has 0 bridgehead atoms. The van der Waals surface area contributed by atoms with Gasteiger partial charge in [0.25, 0.3) is 0 Å². The van der Waals surface area contributed by atoms with Crippen LogP contribution in [0.1, 0.15) is 6.42 Å². The molecule has 1 amide bonds. The number of likely N-dealkylation sites (tertiary alicyclic amines) is 1. The Hall–Kier alpha value is -0.710. The largest absolute Gasteiger partial charge is 0.341 e. The highest BCUT2D eigenvalue weighted by atomic mass is 19.3. The zero-order chi connectivity index (χ0) is 9.14. The van der Waals surface area contributed by atoms with Gasteiger partial charge in [0, 0.05) is 19.0 Å². The summed E-state index contributed by atoms with van der Waals surface area (Å²) in [6, 6.07) is 0. The van der Waals surface area contributed by atoms with Crippen LogP contribution < -0.4 is 5.73 Å². The van der Waals surface area contributed by atoms with Gasteiger partial charge in [-0.05, 0) is 6.42 Å². The van der Waals surface area contributed by atoms with Crippen LogP contribution >= 0.6 is 0 Å². The molecule has 2 N–H and O–H groups in total. The van der Waals surface area contributed by atoms with Crippen molar-refractivity contribution in [2.24, 2.45) is 11.7 Å². The van der Waals surface area contributed by atoms with Crippen molar-refractivity contribution in [3.63, 3.8) is 0 Å². The van der Waals surface area contributed by atoms with E-state index in [9.17, 15) is 13.6 Å². The highest BCUT2D eigenvalue weighted by molar-refractivity contribution is 5.78. The van der Waals surface area contributed by atoms with E-state index in [1.165, 1.54) is 4.90 Å². The minimum Gasteiger partial charge on any atom is -0.341 e. The third kappa shape index (κ3) is 1.91. The van der Waals surface area contributed by atoms with E-state index in [0.29, 0.717) is 13.0 Å². The smallest absolute Gasteiger partial charge is 0.243 e. The number of carbonyl (C=O) groups is 1. The van der Waals surface area contributed by atoms with Crippen LogP contribution in [-0.4, -0.2) is 36.9 Å². The minimum atomic E-state index is -2.32. The van der Waals surface area contributed by atoms with Crippen molar-refractivity contribution in [2.45, 2.75) is 12.8 Å². The molecule has 70 valence electrons. The molecule has 0 aromatic heterocycles. The van der Waals surface area contributed by atoms with Gasteiger partial charge in [0.1, 0.15) is 0 Å². The lowest BCUT2D eigenvalue weighted by Crippen LogP contribution is -2.34. The number of carbonyl (C=O) groups excluding carboxylic acids is 1. The Morgan fingerprint density at radius 3 is 2.75 bits per heavy atom. The van der Waals surface area contributed by atoms with E-state index < -0.39 is 12.3 Å². The second kappa shape index (κ2) is 3.80. The van der Waals surface area contributed by atoms with Gasteiger partial charge in [-0.2, -0.15) is 0 Å². The zero-order valence-electron chi connectivity index (χ0n) is 6.67. The predicted molar refractivity (Wildman–Crippen MR) is 39.7 cm³/mol. The number of hydrogen-bond donors (Lipinski definition) is 1. The third-order valence-electron chi connectivity index (χ3n) is 2.11. The molecule has 1 aliphatic rings. The summed E-state index contributed by atoms with van der Waals surface area (Å²) in [4.78, 5) is 12.3. The van der Waals surface area contributed by atoms with Crippen LogP contribution in [0.2, 0.25) is 0 Å². The van der Waals surface area contributed by atoms with Crippen molar-refractivity contribution in [1.29, 1.82) is 0 Å². The summed E-state index contributed by atoms with van der Waals surface area (Å²) in [7, 11) is 0. The van der Waals surface area contributed by atoms with E-state index in [4.69, 9.17) is 5.73 Å². The number of amides is 1. The highest BCUT2D eigenvalue weighted by Gasteiger charge is 2.31. The van der Waals surface area contributed by atoms with E-state index in [-0.39, 0.29) is 19.0 Å². The van der Waals surface area contributed by atoms with Crippen LogP contribution in [0.5, 0.6) is 0 Å². The summed E-state index contributed by atoms with van der Waals surface area (Å²) >= 11 is 0. The monoisotopic (exact) mass is 178 g/mol. The Bertz CT molecular complexity index is 175. The maximum atomic E-state index is 12.1. The predicted octanol–water partition coefficient (Wildman–Crippen LogP) is 0.0587. The molecule has 0 spiro atoms. The van der Waals surface area contributed by atoms with Gasteiger partial charge in [0.2, 0.25) is 12.3 Å². The van der Waals surface area contributed by atoms with Crippen LogP contribution in [0.4, 0.5) is 8.78 Å². The number of hydrogen-bond acceptors (Lipinski definition) is 2. The molecule has 0 radical (unpaired) electrons. The molecule has 1 rings (SSSR count). The Balaban J connectivity index is 2.40. The SMILES string of the molecule is NCC(=O)N1CC[C@@H](C(F)F)C1. The average molecular weight is 178 g/mol. The van der Waals surface area contributed by atoms with Crippen molar-refractivity contribution < 1.29 is 13.6 Å². The lowest BCUT2D eigenvalue weighted by molar-refractivity contribution is -0.128. The molecule has 12 heavy (non-hydrogen) atoms. The molecule has 1 aliphatic heterocycles. The summed E-state index contributed by atoms with van der Waals surface area (Å²) in [6.45, 7) is 0.495. The van der Waals surface area contributed by atoms with Gasteiger partial charge in [-0.15, -0.1) is 0 Å². The van der Waals surface area contributed by atoms with Crippen LogP contribution in [0, 0.1) is 5.92 Å². The molecule has 3 nitrogen and oxygen atoms in total. The standard InChI is InChI=1S/C7H12F2N2O/c8-7(9)5-1-2-11(4-5)6(12)3-10/h5,7H,1-4,10H2/t5-/m1/s1. The van der Waals surface area contributed by atoms with Crippen molar-refractivity contribution in [2.75, 3.05) is 19.6 Å². The first kappa shape index (κ1) is 9.38. The van der Waals surface area contributed by atoms with Crippen molar-refractivity contribution in [1.82, 2.24) is 4.90 Å². The van der Waals surface area contributed by atoms with Gasteiger partial charge in [-0.3, -0.25) is 4.79 Å². The fourth-order valence-corrected chi connectivity index (χ4v) is 1.35. The summed E-state index contributed by atoms with van der Waals surface area (Å²) in [6.07, 6.45) is -1.93. The van der Waals surface area contributed by atoms with Crippen LogP contribution in [0.3, 0.4) is 0 Å². The van der Waals surface area contributed by atoms with Crippen LogP contribution in [0.15, 0.2) is 0 Å². The van der Waals surface area contributed by atoms with Gasteiger partial charge in [-0.25, -0.2) is 8.78 Å². The maximum absolute atomic E-state index is 12.1. The maximum Gasteiger partial charge on any atom is 0.243 e. The zero-order valence-corrected chi connectivity index (χ0v) is 6.67. The Kier molecular flexibility index (Phi) is 2.97. The van der Waals surface area contributed by atoms with E-state index >= 15 is 0 Å². The number of alkyl halides is 2. The number of nitrogens with two attached hydrogens (primary N) is 1. The number of rotatable bonds is 2. The Morgan fingerprint density at radius 1 is 1.67 bits per heavy atom. The van der Waals surface area contributed by atoms with E-state index in [0.717, 1.165) is 0 Å².